The number of nitrogens with one attached hydrogen (secondary N) is 1. The van der Waals surface area contributed by atoms with E-state index in [9.17, 15) is 4.79 Å². The average molecular weight is 230 g/mol. The Labute approximate surface area is 96.7 Å². The summed E-state index contributed by atoms with van der Waals surface area (Å²) in [7, 11) is 1.65. The minimum absolute atomic E-state index is 0.110. The molecule has 1 aliphatic carbocycles. The Morgan fingerprint density at radius 1 is 1.50 bits per heavy atom. The van der Waals surface area contributed by atoms with Gasteiger partial charge in [-0.05, 0) is 33.6 Å². The van der Waals surface area contributed by atoms with Crippen molar-refractivity contribution in [3.63, 3.8) is 0 Å². The molecule has 0 saturated heterocycles. The summed E-state index contributed by atoms with van der Waals surface area (Å²) in [6, 6.07) is 0.110. The van der Waals surface area contributed by atoms with E-state index < -0.39 is 5.60 Å². The fraction of sp³-hybridized carbons (Fsp3) is 0.909. The van der Waals surface area contributed by atoms with Gasteiger partial charge in [0.1, 0.15) is 5.60 Å². The molecule has 16 heavy (non-hydrogen) atoms. The fourth-order valence-electron chi connectivity index (χ4n) is 1.83. The van der Waals surface area contributed by atoms with Gasteiger partial charge in [-0.3, -0.25) is 0 Å². The molecule has 0 bridgehead atoms. The number of carbonyl (C=O) groups excluding carboxylic acids is 1. The summed E-state index contributed by atoms with van der Waals surface area (Å²) in [5.41, 5.74) is 4.90. The molecule has 0 aromatic heterocycles. The average Bonchev–Trinajstić information content (AvgIpc) is 2.07. The second-order valence-electron chi connectivity index (χ2n) is 5.34. The van der Waals surface area contributed by atoms with Crippen LogP contribution < -0.4 is 11.1 Å². The Morgan fingerprint density at radius 3 is 2.44 bits per heavy atom. The summed E-state index contributed by atoms with van der Waals surface area (Å²) in [5, 5.41) is 2.80. The van der Waals surface area contributed by atoms with Gasteiger partial charge in [-0.25, -0.2) is 4.79 Å². The van der Waals surface area contributed by atoms with Crippen LogP contribution in [0.15, 0.2) is 0 Å². The first kappa shape index (κ1) is 13.3. The van der Waals surface area contributed by atoms with Crippen LogP contribution in [0.1, 0.15) is 33.6 Å². The first-order valence-electron chi connectivity index (χ1n) is 5.55. The predicted octanol–water partition coefficient (Wildman–Crippen LogP) is 1.02. The van der Waals surface area contributed by atoms with Crippen LogP contribution in [0.4, 0.5) is 4.79 Å². The third-order valence-electron chi connectivity index (χ3n) is 2.76. The lowest BCUT2D eigenvalue weighted by Crippen LogP contribution is -2.59. The highest BCUT2D eigenvalue weighted by Crippen LogP contribution is 2.34. The number of carbonyl (C=O) groups is 1. The number of alkyl carbamates (subject to hydrolysis) is 1. The standard InChI is InChI=1S/C11H22N2O3/c1-10(2,3)16-9(14)13-8-5-11(6-8,7-12)15-4/h8H,5-7,12H2,1-4H3,(H,13,14). The lowest BCUT2D eigenvalue weighted by molar-refractivity contribution is -0.0821. The van der Waals surface area contributed by atoms with E-state index in [1.165, 1.54) is 0 Å². The molecule has 0 unspecified atom stereocenters. The minimum atomic E-state index is -0.458. The van der Waals surface area contributed by atoms with Crippen molar-refractivity contribution in [1.82, 2.24) is 5.32 Å². The zero-order chi connectivity index (χ0) is 12.4. The van der Waals surface area contributed by atoms with Gasteiger partial charge in [0.2, 0.25) is 0 Å². The van der Waals surface area contributed by atoms with E-state index in [-0.39, 0.29) is 17.7 Å². The number of ether oxygens (including phenoxy) is 2. The minimum Gasteiger partial charge on any atom is -0.444 e. The van der Waals surface area contributed by atoms with Crippen molar-refractivity contribution >= 4 is 6.09 Å². The van der Waals surface area contributed by atoms with E-state index in [1.807, 2.05) is 20.8 Å². The van der Waals surface area contributed by atoms with Crippen LogP contribution >= 0.6 is 0 Å². The van der Waals surface area contributed by atoms with E-state index in [2.05, 4.69) is 5.32 Å². The van der Waals surface area contributed by atoms with Gasteiger partial charge in [0.25, 0.3) is 0 Å². The monoisotopic (exact) mass is 230 g/mol. The zero-order valence-corrected chi connectivity index (χ0v) is 10.5. The molecule has 1 fully saturated rings. The van der Waals surface area contributed by atoms with Crippen molar-refractivity contribution in [3.05, 3.63) is 0 Å². The highest BCUT2D eigenvalue weighted by atomic mass is 16.6. The molecular formula is C11H22N2O3. The van der Waals surface area contributed by atoms with Crippen molar-refractivity contribution in [2.24, 2.45) is 5.73 Å². The van der Waals surface area contributed by atoms with E-state index in [1.54, 1.807) is 7.11 Å². The van der Waals surface area contributed by atoms with E-state index in [0.717, 1.165) is 12.8 Å². The maximum Gasteiger partial charge on any atom is 0.407 e. The van der Waals surface area contributed by atoms with Gasteiger partial charge in [0.05, 0.1) is 5.60 Å². The van der Waals surface area contributed by atoms with Gasteiger partial charge in [0.15, 0.2) is 0 Å². The van der Waals surface area contributed by atoms with Crippen LogP contribution in [-0.4, -0.2) is 37.0 Å². The van der Waals surface area contributed by atoms with Crippen molar-refractivity contribution in [2.75, 3.05) is 13.7 Å². The second-order valence-corrected chi connectivity index (χ2v) is 5.34. The van der Waals surface area contributed by atoms with Crippen molar-refractivity contribution in [2.45, 2.75) is 50.9 Å². The lowest BCUT2D eigenvalue weighted by atomic mass is 9.75. The molecule has 1 amide bonds. The number of hydrogen-bond donors (Lipinski definition) is 2. The summed E-state index contributed by atoms with van der Waals surface area (Å²) in [4.78, 5) is 11.4. The molecule has 0 aromatic rings. The largest absolute Gasteiger partial charge is 0.444 e. The molecule has 1 saturated carbocycles. The van der Waals surface area contributed by atoms with Crippen LogP contribution in [0, 0.1) is 0 Å². The van der Waals surface area contributed by atoms with Crippen LogP contribution in [-0.2, 0) is 9.47 Å². The normalized spacial score (nSPS) is 29.4. The first-order chi connectivity index (χ1) is 7.30. The predicted molar refractivity (Wildman–Crippen MR) is 61.2 cm³/mol. The number of rotatable bonds is 3. The Morgan fingerprint density at radius 2 is 2.06 bits per heavy atom. The third kappa shape index (κ3) is 3.35. The maximum absolute atomic E-state index is 11.4. The zero-order valence-electron chi connectivity index (χ0n) is 10.5. The molecule has 1 rings (SSSR count). The summed E-state index contributed by atoms with van der Waals surface area (Å²) in [6.45, 7) is 6.00. The molecule has 0 spiro atoms. The van der Waals surface area contributed by atoms with Crippen molar-refractivity contribution in [3.8, 4) is 0 Å². The van der Waals surface area contributed by atoms with E-state index in [4.69, 9.17) is 15.2 Å². The van der Waals surface area contributed by atoms with Gasteiger partial charge < -0.3 is 20.5 Å². The number of nitrogens with two attached hydrogens (primary N) is 1. The molecule has 94 valence electrons. The SMILES string of the molecule is COC1(CN)CC(NC(=O)OC(C)(C)C)C1. The Hall–Kier alpha value is -0.810. The van der Waals surface area contributed by atoms with E-state index >= 15 is 0 Å². The molecule has 0 heterocycles. The topological polar surface area (TPSA) is 73.6 Å². The fourth-order valence-corrected chi connectivity index (χ4v) is 1.83. The van der Waals surface area contributed by atoms with Crippen molar-refractivity contribution in [1.29, 1.82) is 0 Å². The lowest BCUT2D eigenvalue weighted by Gasteiger charge is -2.45. The third-order valence-corrected chi connectivity index (χ3v) is 2.76. The van der Waals surface area contributed by atoms with Crippen LogP contribution in [0.5, 0.6) is 0 Å². The first-order valence-corrected chi connectivity index (χ1v) is 5.55. The Kier molecular flexibility index (Phi) is 3.80. The summed E-state index contributed by atoms with van der Waals surface area (Å²) in [6.07, 6.45) is 1.12. The van der Waals surface area contributed by atoms with Gasteiger partial charge in [-0.15, -0.1) is 0 Å². The Bertz CT molecular complexity index is 248. The van der Waals surface area contributed by atoms with Gasteiger partial charge in [-0.1, -0.05) is 0 Å². The van der Waals surface area contributed by atoms with Crippen LogP contribution in [0.2, 0.25) is 0 Å². The van der Waals surface area contributed by atoms with Crippen molar-refractivity contribution < 1.29 is 14.3 Å². The molecule has 0 radical (unpaired) electrons. The molecular weight excluding hydrogens is 208 g/mol. The number of amides is 1. The molecule has 3 N–H and O–H groups in total. The molecule has 0 aromatic carbocycles. The smallest absolute Gasteiger partial charge is 0.407 e. The quantitative estimate of drug-likeness (QED) is 0.759. The number of methoxy groups -OCH3 is 1. The molecule has 0 aliphatic heterocycles. The molecule has 0 atom stereocenters. The van der Waals surface area contributed by atoms with E-state index in [0.29, 0.717) is 6.54 Å². The highest BCUT2D eigenvalue weighted by molar-refractivity contribution is 5.68. The molecule has 1 aliphatic rings. The van der Waals surface area contributed by atoms with Crippen LogP contribution in [0.3, 0.4) is 0 Å². The van der Waals surface area contributed by atoms with Crippen LogP contribution in [0.25, 0.3) is 0 Å². The second kappa shape index (κ2) is 4.59. The molecule has 5 nitrogen and oxygen atoms in total. The van der Waals surface area contributed by atoms with Gasteiger partial charge in [0, 0.05) is 19.7 Å². The molecule has 5 heteroatoms. The highest BCUT2D eigenvalue weighted by Gasteiger charge is 2.44. The van der Waals surface area contributed by atoms with Gasteiger partial charge >= 0.3 is 6.09 Å². The Balaban J connectivity index is 2.30. The summed E-state index contributed by atoms with van der Waals surface area (Å²) < 4.78 is 10.5. The maximum atomic E-state index is 11.4. The number of hydrogen-bond acceptors (Lipinski definition) is 4. The van der Waals surface area contributed by atoms with Gasteiger partial charge in [-0.2, -0.15) is 0 Å². The summed E-state index contributed by atoms with van der Waals surface area (Å²) in [5.74, 6) is 0. The summed E-state index contributed by atoms with van der Waals surface area (Å²) >= 11 is 0.